The van der Waals surface area contributed by atoms with Crippen molar-refractivity contribution in [3.05, 3.63) is 12.2 Å². The average Bonchev–Trinajstić information content (AvgIpc) is 2.49. The van der Waals surface area contributed by atoms with Crippen molar-refractivity contribution in [3.8, 4) is 0 Å². The van der Waals surface area contributed by atoms with E-state index in [4.69, 9.17) is 4.18 Å². The summed E-state index contributed by atoms with van der Waals surface area (Å²) in [7, 11) is -3.25. The minimum absolute atomic E-state index is 0.333. The van der Waals surface area contributed by atoms with Gasteiger partial charge in [-0.25, -0.2) is 0 Å². The lowest BCUT2D eigenvalue weighted by Crippen LogP contribution is -2.03. The maximum Gasteiger partial charge on any atom is 0.264 e. The van der Waals surface area contributed by atoms with E-state index in [2.05, 4.69) is 19.1 Å². The molecule has 0 aliphatic rings. The lowest BCUT2D eigenvalue weighted by Gasteiger charge is -2.02. The molecule has 0 atom stereocenters. The first-order chi connectivity index (χ1) is 11.1. The molecular weight excluding hydrogens is 308 g/mol. The van der Waals surface area contributed by atoms with Gasteiger partial charge in [0.05, 0.1) is 12.9 Å². The number of hydrogen-bond donors (Lipinski definition) is 0. The number of allylic oxidation sites excluding steroid dienone is 2. The Kier molecular flexibility index (Phi) is 16.3. The third-order valence-corrected chi connectivity index (χ3v) is 4.55. The largest absolute Gasteiger partial charge is 0.270 e. The van der Waals surface area contributed by atoms with Gasteiger partial charge in [-0.15, -0.1) is 0 Å². The van der Waals surface area contributed by atoms with E-state index in [0.717, 1.165) is 19.1 Å². The fourth-order valence-electron chi connectivity index (χ4n) is 2.56. The van der Waals surface area contributed by atoms with Crippen molar-refractivity contribution < 1.29 is 12.6 Å². The molecule has 0 saturated carbocycles. The van der Waals surface area contributed by atoms with Gasteiger partial charge in [0.2, 0.25) is 0 Å². The van der Waals surface area contributed by atoms with E-state index < -0.39 is 10.1 Å². The summed E-state index contributed by atoms with van der Waals surface area (Å²) in [6.07, 6.45) is 23.3. The molecule has 0 fully saturated rings. The van der Waals surface area contributed by atoms with Crippen LogP contribution in [-0.2, 0) is 14.3 Å². The smallest absolute Gasteiger partial charge is 0.264 e. The maximum absolute atomic E-state index is 10.8. The van der Waals surface area contributed by atoms with Crippen molar-refractivity contribution in [2.45, 2.75) is 96.8 Å². The monoisotopic (exact) mass is 346 g/mol. The normalized spacial score (nSPS) is 12.3. The van der Waals surface area contributed by atoms with Crippen LogP contribution < -0.4 is 0 Å². The summed E-state index contributed by atoms with van der Waals surface area (Å²) in [6.45, 7) is 2.59. The topological polar surface area (TPSA) is 43.4 Å². The number of hydrogen-bond acceptors (Lipinski definition) is 3. The van der Waals surface area contributed by atoms with Crippen LogP contribution in [0.25, 0.3) is 0 Å². The molecule has 0 aromatic heterocycles. The predicted molar refractivity (Wildman–Crippen MR) is 100 cm³/mol. The van der Waals surface area contributed by atoms with Crippen LogP contribution in [0.1, 0.15) is 96.8 Å². The molecule has 23 heavy (non-hydrogen) atoms. The Morgan fingerprint density at radius 2 is 1.13 bits per heavy atom. The molecule has 4 heteroatoms. The van der Waals surface area contributed by atoms with Crippen LogP contribution in [0.4, 0.5) is 0 Å². The number of rotatable bonds is 17. The summed E-state index contributed by atoms with van der Waals surface area (Å²) >= 11 is 0. The Balaban J connectivity index is 3.13. The molecule has 0 aromatic carbocycles. The van der Waals surface area contributed by atoms with Crippen molar-refractivity contribution in [1.29, 1.82) is 0 Å². The van der Waals surface area contributed by atoms with E-state index in [1.54, 1.807) is 0 Å². The van der Waals surface area contributed by atoms with Crippen LogP contribution >= 0.6 is 0 Å². The second kappa shape index (κ2) is 16.5. The molecule has 0 radical (unpaired) electrons. The molecule has 0 amide bonds. The Morgan fingerprint density at radius 3 is 1.61 bits per heavy atom. The highest BCUT2D eigenvalue weighted by atomic mass is 32.2. The zero-order valence-electron chi connectivity index (χ0n) is 15.4. The third kappa shape index (κ3) is 21.6. The Hall–Kier alpha value is -0.350. The Labute approximate surface area is 145 Å². The molecule has 0 N–H and O–H groups in total. The van der Waals surface area contributed by atoms with E-state index >= 15 is 0 Å². The summed E-state index contributed by atoms with van der Waals surface area (Å²) in [5, 5.41) is 0. The summed E-state index contributed by atoms with van der Waals surface area (Å²) in [6, 6.07) is 0. The summed E-state index contributed by atoms with van der Waals surface area (Å²) in [5.74, 6) is 0. The third-order valence-electron chi connectivity index (χ3n) is 3.95. The fraction of sp³-hybridized carbons (Fsp3) is 0.895. The van der Waals surface area contributed by atoms with Crippen LogP contribution in [-0.4, -0.2) is 21.3 Å². The zero-order chi connectivity index (χ0) is 17.2. The molecule has 0 aliphatic carbocycles. The van der Waals surface area contributed by atoms with Gasteiger partial charge < -0.3 is 0 Å². The highest BCUT2D eigenvalue weighted by Crippen LogP contribution is 2.10. The van der Waals surface area contributed by atoms with E-state index in [0.29, 0.717) is 6.61 Å². The summed E-state index contributed by atoms with van der Waals surface area (Å²) in [5.41, 5.74) is 0. The van der Waals surface area contributed by atoms with Crippen LogP contribution in [0, 0.1) is 0 Å². The van der Waals surface area contributed by atoms with E-state index in [1.807, 2.05) is 0 Å². The molecule has 3 nitrogen and oxygen atoms in total. The van der Waals surface area contributed by atoms with Gasteiger partial charge in [-0.1, -0.05) is 76.9 Å². The lowest BCUT2D eigenvalue weighted by atomic mass is 10.1. The van der Waals surface area contributed by atoms with Crippen molar-refractivity contribution in [2.24, 2.45) is 0 Å². The van der Waals surface area contributed by atoms with E-state index in [9.17, 15) is 8.42 Å². The minimum atomic E-state index is -3.25. The van der Waals surface area contributed by atoms with E-state index in [1.165, 1.54) is 77.0 Å². The predicted octanol–water partition coefficient (Wildman–Crippen LogP) is 6.00. The standard InChI is InChI=1S/C19H38O3S/c1-3-4-5-6-7-8-9-10-11-12-13-14-15-16-17-18-19-22-23(2,20)21/h10-11H,3-9,12-19H2,1-2H3/b11-10-. The average molecular weight is 347 g/mol. The second-order valence-electron chi connectivity index (χ2n) is 6.46. The van der Waals surface area contributed by atoms with Crippen molar-refractivity contribution in [3.63, 3.8) is 0 Å². The van der Waals surface area contributed by atoms with Gasteiger partial charge in [0.25, 0.3) is 10.1 Å². The van der Waals surface area contributed by atoms with Gasteiger partial charge in [0.15, 0.2) is 0 Å². The minimum Gasteiger partial charge on any atom is -0.270 e. The zero-order valence-corrected chi connectivity index (χ0v) is 16.2. The summed E-state index contributed by atoms with van der Waals surface area (Å²) in [4.78, 5) is 0. The van der Waals surface area contributed by atoms with Crippen molar-refractivity contribution in [1.82, 2.24) is 0 Å². The van der Waals surface area contributed by atoms with Gasteiger partial charge in [-0.2, -0.15) is 8.42 Å². The molecule has 0 rings (SSSR count). The molecule has 0 unspecified atom stereocenters. The molecule has 0 aromatic rings. The quantitative estimate of drug-likeness (QED) is 0.184. The molecule has 0 bridgehead atoms. The molecule has 138 valence electrons. The number of unbranched alkanes of at least 4 members (excludes halogenated alkanes) is 12. The van der Waals surface area contributed by atoms with Crippen molar-refractivity contribution >= 4 is 10.1 Å². The first-order valence-corrected chi connectivity index (χ1v) is 11.4. The van der Waals surface area contributed by atoms with Crippen molar-refractivity contribution in [2.75, 3.05) is 12.9 Å². The van der Waals surface area contributed by atoms with Gasteiger partial charge in [-0.3, -0.25) is 4.18 Å². The van der Waals surface area contributed by atoms with Crippen LogP contribution in [0.3, 0.4) is 0 Å². The SMILES string of the molecule is CCCCCCCC/C=C\CCCCCCCCOS(C)(=O)=O. The molecule has 0 saturated heterocycles. The first kappa shape index (κ1) is 22.6. The van der Waals surface area contributed by atoms with Gasteiger partial charge in [-0.05, 0) is 32.1 Å². The summed E-state index contributed by atoms with van der Waals surface area (Å²) < 4.78 is 26.2. The van der Waals surface area contributed by atoms with Crippen LogP contribution in [0.5, 0.6) is 0 Å². The van der Waals surface area contributed by atoms with Crippen LogP contribution in [0.2, 0.25) is 0 Å². The van der Waals surface area contributed by atoms with E-state index in [-0.39, 0.29) is 0 Å². The van der Waals surface area contributed by atoms with Gasteiger partial charge in [0.1, 0.15) is 0 Å². The van der Waals surface area contributed by atoms with Crippen LogP contribution in [0.15, 0.2) is 12.2 Å². The molecule has 0 spiro atoms. The lowest BCUT2D eigenvalue weighted by molar-refractivity contribution is 0.309. The Morgan fingerprint density at radius 1 is 0.696 bits per heavy atom. The highest BCUT2D eigenvalue weighted by molar-refractivity contribution is 7.85. The molecule has 0 aliphatic heterocycles. The maximum atomic E-state index is 10.8. The van der Waals surface area contributed by atoms with Gasteiger partial charge >= 0.3 is 0 Å². The highest BCUT2D eigenvalue weighted by Gasteiger charge is 2.00. The fourth-order valence-corrected chi connectivity index (χ4v) is 2.98. The second-order valence-corrected chi connectivity index (χ2v) is 8.11. The molecule has 0 heterocycles. The Bertz CT molecular complexity index is 361. The van der Waals surface area contributed by atoms with Gasteiger partial charge in [0, 0.05) is 0 Å². The molecular formula is C19H38O3S. The first-order valence-electron chi connectivity index (χ1n) is 9.55.